The summed E-state index contributed by atoms with van der Waals surface area (Å²) in [6.45, 7) is 7.87. The molecular weight excluding hydrogens is 364 g/mol. The Kier molecular flexibility index (Phi) is 6.12. The average Bonchev–Trinajstić information content (AvgIpc) is 3.07. The number of likely N-dealkylation sites (N-methyl/N-ethyl adjacent to an activating group) is 1. The number of carbonyl (C=O) groups is 2. The van der Waals surface area contributed by atoms with E-state index in [-0.39, 0.29) is 24.4 Å². The van der Waals surface area contributed by atoms with Crippen LogP contribution in [0.4, 0.5) is 0 Å². The molecular formula is C23H26N4O2. The molecule has 2 aromatic carbocycles. The minimum Gasteiger partial charge on any atom is -0.343 e. The highest BCUT2D eigenvalue weighted by Gasteiger charge is 2.21. The number of para-hydroxylation sites is 2. The molecule has 1 heterocycles. The highest BCUT2D eigenvalue weighted by atomic mass is 16.2. The fraction of sp³-hybridized carbons (Fsp3) is 0.261. The van der Waals surface area contributed by atoms with Crippen LogP contribution in [0.15, 0.2) is 66.7 Å². The molecule has 1 atom stereocenters. The second kappa shape index (κ2) is 8.73. The number of rotatable bonds is 7. The molecule has 29 heavy (non-hydrogen) atoms. The van der Waals surface area contributed by atoms with Gasteiger partial charge in [-0.2, -0.15) is 0 Å². The third-order valence-electron chi connectivity index (χ3n) is 4.79. The molecule has 2 amide bonds. The maximum atomic E-state index is 12.9. The van der Waals surface area contributed by atoms with Crippen molar-refractivity contribution in [3.05, 3.63) is 78.1 Å². The van der Waals surface area contributed by atoms with Crippen LogP contribution in [0.25, 0.3) is 11.0 Å². The third-order valence-corrected chi connectivity index (χ3v) is 4.79. The van der Waals surface area contributed by atoms with Gasteiger partial charge in [0.2, 0.25) is 11.8 Å². The van der Waals surface area contributed by atoms with Crippen LogP contribution in [-0.2, 0) is 22.7 Å². The maximum absolute atomic E-state index is 12.9. The lowest BCUT2D eigenvalue weighted by molar-refractivity contribution is -0.131. The summed E-state index contributed by atoms with van der Waals surface area (Å²) in [6, 6.07) is 17.2. The molecule has 0 aliphatic heterocycles. The van der Waals surface area contributed by atoms with Crippen LogP contribution in [0.1, 0.15) is 31.3 Å². The first-order valence-corrected chi connectivity index (χ1v) is 9.56. The van der Waals surface area contributed by atoms with Gasteiger partial charge >= 0.3 is 0 Å². The standard InChI is InChI=1S/C23H26N4O2/c1-16(2)23(29)24-17(3)22-25-19-12-8-9-13-20(19)27(22)15-21(28)26(4)14-18-10-6-5-7-11-18/h5-13,17H,1,14-15H2,2-4H3,(H,24,29). The molecule has 1 N–H and O–H groups in total. The number of aromatic nitrogens is 2. The summed E-state index contributed by atoms with van der Waals surface area (Å²) in [7, 11) is 1.79. The van der Waals surface area contributed by atoms with Crippen molar-refractivity contribution >= 4 is 22.8 Å². The van der Waals surface area contributed by atoms with E-state index in [9.17, 15) is 9.59 Å². The minimum atomic E-state index is -0.362. The van der Waals surface area contributed by atoms with Crippen LogP contribution < -0.4 is 5.32 Å². The monoisotopic (exact) mass is 390 g/mol. The highest BCUT2D eigenvalue weighted by Crippen LogP contribution is 2.21. The van der Waals surface area contributed by atoms with Gasteiger partial charge in [-0.05, 0) is 31.5 Å². The first-order valence-electron chi connectivity index (χ1n) is 9.56. The van der Waals surface area contributed by atoms with Gasteiger partial charge in [-0.15, -0.1) is 0 Å². The van der Waals surface area contributed by atoms with E-state index < -0.39 is 0 Å². The van der Waals surface area contributed by atoms with Crippen molar-refractivity contribution in [1.29, 1.82) is 0 Å². The first kappa shape index (κ1) is 20.3. The van der Waals surface area contributed by atoms with Crippen molar-refractivity contribution in [3.8, 4) is 0 Å². The Morgan fingerprint density at radius 1 is 1.14 bits per heavy atom. The molecule has 0 spiro atoms. The smallest absolute Gasteiger partial charge is 0.246 e. The fourth-order valence-electron chi connectivity index (χ4n) is 3.18. The second-order valence-electron chi connectivity index (χ2n) is 7.26. The number of imidazole rings is 1. The summed E-state index contributed by atoms with van der Waals surface area (Å²) >= 11 is 0. The number of hydrogen-bond donors (Lipinski definition) is 1. The molecule has 3 rings (SSSR count). The summed E-state index contributed by atoms with van der Waals surface area (Å²) in [5, 5.41) is 2.89. The van der Waals surface area contributed by atoms with Gasteiger partial charge in [-0.1, -0.05) is 49.0 Å². The van der Waals surface area contributed by atoms with E-state index in [0.717, 1.165) is 16.6 Å². The van der Waals surface area contributed by atoms with E-state index in [1.165, 1.54) is 0 Å². The number of hydrogen-bond acceptors (Lipinski definition) is 3. The van der Waals surface area contributed by atoms with Crippen LogP contribution in [0.3, 0.4) is 0 Å². The van der Waals surface area contributed by atoms with Crippen LogP contribution in [0.2, 0.25) is 0 Å². The zero-order chi connectivity index (χ0) is 21.0. The highest BCUT2D eigenvalue weighted by molar-refractivity contribution is 5.92. The summed E-state index contributed by atoms with van der Waals surface area (Å²) in [4.78, 5) is 31.4. The lowest BCUT2D eigenvalue weighted by atomic mass is 10.2. The predicted octanol–water partition coefficient (Wildman–Crippen LogP) is 3.45. The van der Waals surface area contributed by atoms with E-state index in [0.29, 0.717) is 17.9 Å². The lowest BCUT2D eigenvalue weighted by Crippen LogP contribution is -2.33. The molecule has 6 nitrogen and oxygen atoms in total. The molecule has 3 aromatic rings. The number of nitrogens with one attached hydrogen (secondary N) is 1. The molecule has 1 unspecified atom stereocenters. The fourth-order valence-corrected chi connectivity index (χ4v) is 3.18. The lowest BCUT2D eigenvalue weighted by Gasteiger charge is -2.20. The molecule has 0 radical (unpaired) electrons. The molecule has 0 saturated heterocycles. The van der Waals surface area contributed by atoms with Crippen molar-refractivity contribution in [2.24, 2.45) is 0 Å². The van der Waals surface area contributed by atoms with E-state index in [1.54, 1.807) is 18.9 Å². The zero-order valence-electron chi connectivity index (χ0n) is 17.1. The van der Waals surface area contributed by atoms with Gasteiger partial charge in [0.05, 0.1) is 17.1 Å². The topological polar surface area (TPSA) is 67.2 Å². The van der Waals surface area contributed by atoms with Crippen LogP contribution >= 0.6 is 0 Å². The Balaban J connectivity index is 1.86. The van der Waals surface area contributed by atoms with Gasteiger partial charge in [-0.3, -0.25) is 9.59 Å². The van der Waals surface area contributed by atoms with Crippen LogP contribution in [0, 0.1) is 0 Å². The summed E-state index contributed by atoms with van der Waals surface area (Å²) in [6.07, 6.45) is 0. The number of carbonyl (C=O) groups excluding carboxylic acids is 2. The molecule has 0 aliphatic carbocycles. The molecule has 6 heteroatoms. The van der Waals surface area contributed by atoms with Crippen molar-refractivity contribution < 1.29 is 9.59 Å². The normalized spacial score (nSPS) is 11.8. The number of fused-ring (bicyclic) bond motifs is 1. The van der Waals surface area contributed by atoms with Gasteiger partial charge in [0.1, 0.15) is 12.4 Å². The maximum Gasteiger partial charge on any atom is 0.246 e. The third kappa shape index (κ3) is 4.71. The average molecular weight is 390 g/mol. The SMILES string of the molecule is C=C(C)C(=O)NC(C)c1nc2ccccc2n1CC(=O)N(C)Cc1ccccc1. The van der Waals surface area contributed by atoms with Crippen LogP contribution in [-0.4, -0.2) is 33.3 Å². The van der Waals surface area contributed by atoms with E-state index in [2.05, 4.69) is 16.9 Å². The van der Waals surface area contributed by atoms with Crippen LogP contribution in [0.5, 0.6) is 0 Å². The number of nitrogens with zero attached hydrogens (tertiary/aromatic N) is 3. The van der Waals surface area contributed by atoms with Gasteiger partial charge in [0.25, 0.3) is 0 Å². The Hall–Kier alpha value is -3.41. The molecule has 0 aliphatic rings. The Bertz CT molecular complexity index is 1040. The van der Waals surface area contributed by atoms with E-state index >= 15 is 0 Å². The van der Waals surface area contributed by atoms with Gasteiger partial charge in [0, 0.05) is 19.2 Å². The Labute approximate surface area is 170 Å². The largest absolute Gasteiger partial charge is 0.343 e. The second-order valence-corrected chi connectivity index (χ2v) is 7.26. The van der Waals surface area contributed by atoms with Crippen molar-refractivity contribution in [2.75, 3.05) is 7.05 Å². The summed E-state index contributed by atoms with van der Waals surface area (Å²) in [5.41, 5.74) is 3.15. The molecule has 1 aromatic heterocycles. The number of amides is 2. The summed E-state index contributed by atoms with van der Waals surface area (Å²) in [5.74, 6) is 0.377. The van der Waals surface area contributed by atoms with Gasteiger partial charge in [-0.25, -0.2) is 4.98 Å². The first-order chi connectivity index (χ1) is 13.9. The van der Waals surface area contributed by atoms with Crippen molar-refractivity contribution in [3.63, 3.8) is 0 Å². The summed E-state index contributed by atoms with van der Waals surface area (Å²) < 4.78 is 1.88. The molecule has 150 valence electrons. The minimum absolute atomic E-state index is 0.0308. The van der Waals surface area contributed by atoms with E-state index in [4.69, 9.17) is 0 Å². The molecule has 0 saturated carbocycles. The Morgan fingerprint density at radius 2 is 1.79 bits per heavy atom. The van der Waals surface area contributed by atoms with Gasteiger partial charge in [0.15, 0.2) is 0 Å². The Morgan fingerprint density at radius 3 is 2.48 bits per heavy atom. The quantitative estimate of drug-likeness (QED) is 0.629. The van der Waals surface area contributed by atoms with Gasteiger partial charge < -0.3 is 14.8 Å². The number of benzene rings is 2. The zero-order valence-corrected chi connectivity index (χ0v) is 17.1. The predicted molar refractivity (Wildman–Crippen MR) is 114 cm³/mol. The molecule has 0 bridgehead atoms. The van der Waals surface area contributed by atoms with E-state index in [1.807, 2.05) is 66.1 Å². The van der Waals surface area contributed by atoms with Crippen molar-refractivity contribution in [1.82, 2.24) is 19.8 Å². The molecule has 0 fully saturated rings. The van der Waals surface area contributed by atoms with Crippen molar-refractivity contribution in [2.45, 2.75) is 33.0 Å².